The lowest BCUT2D eigenvalue weighted by molar-refractivity contribution is -0.124. The van der Waals surface area contributed by atoms with E-state index in [1.165, 1.54) is 5.56 Å². The molecule has 2 rings (SSSR count). The quantitative estimate of drug-likeness (QED) is 0.875. The second-order valence-electron chi connectivity index (χ2n) is 4.62. The maximum atomic E-state index is 12.2. The molecule has 0 spiro atoms. The Morgan fingerprint density at radius 2 is 2.06 bits per heavy atom. The Hall–Kier alpha value is -1.84. The summed E-state index contributed by atoms with van der Waals surface area (Å²) in [5.74, 6) is -0.269. The Morgan fingerprint density at radius 3 is 2.56 bits per heavy atom. The number of anilines is 1. The number of aryl methyl sites for hydroxylation is 1. The van der Waals surface area contributed by atoms with E-state index in [0.717, 1.165) is 12.1 Å². The summed E-state index contributed by atoms with van der Waals surface area (Å²) < 4.78 is 0. The highest BCUT2D eigenvalue weighted by Crippen LogP contribution is 2.19. The molecule has 1 heterocycles. The molecule has 18 heavy (non-hydrogen) atoms. The maximum absolute atomic E-state index is 12.2. The fourth-order valence-corrected chi connectivity index (χ4v) is 2.14. The highest BCUT2D eigenvalue weighted by Gasteiger charge is 2.30. The predicted octanol–water partition coefficient (Wildman–Crippen LogP) is 1.35. The minimum absolute atomic E-state index is 0.00222. The topological polar surface area (TPSA) is 49.4 Å². The molecular formula is C14H18N2O2. The first kappa shape index (κ1) is 12.6. The second kappa shape index (κ2) is 5.21. The highest BCUT2D eigenvalue weighted by atomic mass is 16.2. The Kier molecular flexibility index (Phi) is 3.65. The molecule has 1 fully saturated rings. The van der Waals surface area contributed by atoms with Gasteiger partial charge in [0.2, 0.25) is 11.8 Å². The number of rotatable bonds is 3. The maximum Gasteiger partial charge on any atom is 0.232 e. The molecule has 1 unspecified atom stereocenters. The summed E-state index contributed by atoms with van der Waals surface area (Å²) in [5, 5.41) is 2.69. The summed E-state index contributed by atoms with van der Waals surface area (Å²) >= 11 is 0. The summed E-state index contributed by atoms with van der Waals surface area (Å²) in [6.07, 6.45) is 1.29. The third-order valence-electron chi connectivity index (χ3n) is 3.39. The molecule has 4 nitrogen and oxygen atoms in total. The van der Waals surface area contributed by atoms with Crippen molar-refractivity contribution in [2.24, 2.45) is 5.92 Å². The van der Waals surface area contributed by atoms with Crippen molar-refractivity contribution < 1.29 is 9.59 Å². The molecular weight excluding hydrogens is 228 g/mol. The molecule has 96 valence electrons. The zero-order chi connectivity index (χ0) is 13.1. The van der Waals surface area contributed by atoms with Gasteiger partial charge in [0.1, 0.15) is 0 Å². The molecule has 2 amide bonds. The molecule has 0 saturated carbocycles. The number of carbonyl (C=O) groups is 2. The number of nitrogens with one attached hydrogen (secondary N) is 1. The lowest BCUT2D eigenvalue weighted by Gasteiger charge is -2.20. The average molecular weight is 246 g/mol. The zero-order valence-electron chi connectivity index (χ0n) is 10.8. The standard InChI is InChI=1S/C14H18N2O2/c1-3-10-4-6-12(7-5-10)16(2)14(18)11-8-13(17)15-9-11/h4-7,11H,3,8-9H2,1-2H3,(H,15,17). The molecule has 1 N–H and O–H groups in total. The van der Waals surface area contributed by atoms with E-state index in [4.69, 9.17) is 0 Å². The van der Waals surface area contributed by atoms with Crippen LogP contribution in [0.3, 0.4) is 0 Å². The van der Waals surface area contributed by atoms with Crippen LogP contribution in [0.1, 0.15) is 18.9 Å². The van der Waals surface area contributed by atoms with Gasteiger partial charge in [-0.05, 0) is 24.1 Å². The number of hydrogen-bond donors (Lipinski definition) is 1. The summed E-state index contributed by atoms with van der Waals surface area (Å²) in [6, 6.07) is 7.94. The van der Waals surface area contributed by atoms with Gasteiger partial charge in [-0.15, -0.1) is 0 Å². The van der Waals surface area contributed by atoms with Gasteiger partial charge in [0, 0.05) is 25.7 Å². The molecule has 4 heteroatoms. The SMILES string of the molecule is CCc1ccc(N(C)C(=O)C2CNC(=O)C2)cc1. The number of amides is 2. The number of benzene rings is 1. The van der Waals surface area contributed by atoms with Gasteiger partial charge in [-0.2, -0.15) is 0 Å². The summed E-state index contributed by atoms with van der Waals surface area (Å²) in [5.41, 5.74) is 2.12. The predicted molar refractivity (Wildman–Crippen MR) is 70.3 cm³/mol. The molecule has 0 aliphatic carbocycles. The van der Waals surface area contributed by atoms with Crippen LogP contribution in [0.4, 0.5) is 5.69 Å². The zero-order valence-corrected chi connectivity index (χ0v) is 10.8. The number of hydrogen-bond acceptors (Lipinski definition) is 2. The fraction of sp³-hybridized carbons (Fsp3) is 0.429. The van der Waals surface area contributed by atoms with Crippen LogP contribution in [0, 0.1) is 5.92 Å². The van der Waals surface area contributed by atoms with E-state index in [0.29, 0.717) is 13.0 Å². The van der Waals surface area contributed by atoms with Crippen molar-refractivity contribution in [2.45, 2.75) is 19.8 Å². The third kappa shape index (κ3) is 2.53. The Labute approximate surface area is 107 Å². The van der Waals surface area contributed by atoms with Gasteiger partial charge < -0.3 is 10.2 Å². The van der Waals surface area contributed by atoms with Crippen LogP contribution in [-0.4, -0.2) is 25.4 Å². The van der Waals surface area contributed by atoms with E-state index in [1.807, 2.05) is 24.3 Å². The van der Waals surface area contributed by atoms with Crippen molar-refractivity contribution in [3.05, 3.63) is 29.8 Å². The monoisotopic (exact) mass is 246 g/mol. The van der Waals surface area contributed by atoms with Gasteiger partial charge in [0.15, 0.2) is 0 Å². The normalized spacial score (nSPS) is 18.6. The van der Waals surface area contributed by atoms with Crippen LogP contribution in [-0.2, 0) is 16.0 Å². The molecule has 0 bridgehead atoms. The van der Waals surface area contributed by atoms with Crippen molar-refractivity contribution in [3.63, 3.8) is 0 Å². The first-order valence-electron chi connectivity index (χ1n) is 6.25. The van der Waals surface area contributed by atoms with Gasteiger partial charge in [0.05, 0.1) is 5.92 Å². The lowest BCUT2D eigenvalue weighted by Crippen LogP contribution is -2.33. The van der Waals surface area contributed by atoms with Gasteiger partial charge in [0.25, 0.3) is 0 Å². The smallest absolute Gasteiger partial charge is 0.232 e. The van der Waals surface area contributed by atoms with E-state index in [2.05, 4.69) is 12.2 Å². The van der Waals surface area contributed by atoms with Crippen molar-refractivity contribution in [2.75, 3.05) is 18.5 Å². The minimum atomic E-state index is -0.228. The van der Waals surface area contributed by atoms with Gasteiger partial charge in [-0.1, -0.05) is 19.1 Å². The fourth-order valence-electron chi connectivity index (χ4n) is 2.14. The minimum Gasteiger partial charge on any atom is -0.355 e. The number of carbonyl (C=O) groups excluding carboxylic acids is 2. The van der Waals surface area contributed by atoms with E-state index >= 15 is 0 Å². The third-order valence-corrected chi connectivity index (χ3v) is 3.39. The highest BCUT2D eigenvalue weighted by molar-refractivity contribution is 5.98. The lowest BCUT2D eigenvalue weighted by atomic mass is 10.1. The molecule has 0 aromatic heterocycles. The largest absolute Gasteiger partial charge is 0.355 e. The first-order chi connectivity index (χ1) is 8.61. The van der Waals surface area contributed by atoms with Crippen molar-refractivity contribution in [3.8, 4) is 0 Å². The molecule has 0 radical (unpaired) electrons. The Bertz CT molecular complexity index is 453. The van der Waals surface area contributed by atoms with Gasteiger partial charge in [-0.25, -0.2) is 0 Å². The van der Waals surface area contributed by atoms with Crippen LogP contribution in [0.2, 0.25) is 0 Å². The molecule has 1 aromatic rings. The Balaban J connectivity index is 2.07. The van der Waals surface area contributed by atoms with Crippen LogP contribution in [0.15, 0.2) is 24.3 Å². The Morgan fingerprint density at radius 1 is 1.39 bits per heavy atom. The van der Waals surface area contributed by atoms with Gasteiger partial charge in [-0.3, -0.25) is 9.59 Å². The van der Waals surface area contributed by atoms with E-state index < -0.39 is 0 Å². The number of nitrogens with zero attached hydrogens (tertiary/aromatic N) is 1. The van der Waals surface area contributed by atoms with E-state index in [-0.39, 0.29) is 17.7 Å². The molecule has 1 saturated heterocycles. The van der Waals surface area contributed by atoms with Crippen molar-refractivity contribution >= 4 is 17.5 Å². The van der Waals surface area contributed by atoms with E-state index in [9.17, 15) is 9.59 Å². The molecule has 1 aromatic carbocycles. The van der Waals surface area contributed by atoms with Crippen LogP contribution in [0.5, 0.6) is 0 Å². The summed E-state index contributed by atoms with van der Waals surface area (Å²) in [4.78, 5) is 24.9. The van der Waals surface area contributed by atoms with Crippen LogP contribution >= 0.6 is 0 Å². The second-order valence-corrected chi connectivity index (χ2v) is 4.62. The van der Waals surface area contributed by atoms with Crippen molar-refractivity contribution in [1.82, 2.24) is 5.32 Å². The average Bonchev–Trinajstić information content (AvgIpc) is 2.84. The van der Waals surface area contributed by atoms with Crippen LogP contribution < -0.4 is 10.2 Å². The molecule has 1 atom stereocenters. The molecule has 1 aliphatic rings. The van der Waals surface area contributed by atoms with Crippen LogP contribution in [0.25, 0.3) is 0 Å². The molecule has 1 aliphatic heterocycles. The van der Waals surface area contributed by atoms with Crippen molar-refractivity contribution in [1.29, 1.82) is 0 Å². The summed E-state index contributed by atoms with van der Waals surface area (Å²) in [6.45, 7) is 2.55. The summed E-state index contributed by atoms with van der Waals surface area (Å²) in [7, 11) is 1.76. The van der Waals surface area contributed by atoms with Gasteiger partial charge >= 0.3 is 0 Å². The van der Waals surface area contributed by atoms with E-state index in [1.54, 1.807) is 11.9 Å². The first-order valence-corrected chi connectivity index (χ1v) is 6.25.